The summed E-state index contributed by atoms with van der Waals surface area (Å²) in [6, 6.07) is 8.30. The predicted octanol–water partition coefficient (Wildman–Crippen LogP) is 2.04. The van der Waals surface area contributed by atoms with Crippen LogP contribution in [0.4, 0.5) is 0 Å². The van der Waals surface area contributed by atoms with E-state index in [4.69, 9.17) is 4.74 Å². The quantitative estimate of drug-likeness (QED) is 0.840. The second kappa shape index (κ2) is 7.34. The molecule has 0 spiro atoms. The molecule has 1 N–H and O–H groups in total. The molecular weight excluding hydrogens is 304 g/mol. The van der Waals surface area contributed by atoms with E-state index < -0.39 is 5.54 Å². The first-order valence-corrected chi connectivity index (χ1v) is 8.83. The van der Waals surface area contributed by atoms with Gasteiger partial charge in [0.05, 0.1) is 7.11 Å². The van der Waals surface area contributed by atoms with Crippen LogP contribution in [0.25, 0.3) is 0 Å². The van der Waals surface area contributed by atoms with Gasteiger partial charge in [-0.15, -0.1) is 0 Å². The lowest BCUT2D eigenvalue weighted by Crippen LogP contribution is -2.51. The highest BCUT2D eigenvalue weighted by atomic mass is 16.5. The second-order valence-electron chi connectivity index (χ2n) is 6.79. The number of hydrogen-bond acceptors (Lipinski definition) is 4. The number of ether oxygens (including phenoxy) is 1. The van der Waals surface area contributed by atoms with E-state index in [-0.39, 0.29) is 11.9 Å². The number of nitrogens with zero attached hydrogens (tertiary/aromatic N) is 1. The molecule has 1 amide bonds. The molecule has 1 aromatic carbocycles. The van der Waals surface area contributed by atoms with E-state index in [1.807, 2.05) is 17.0 Å². The van der Waals surface area contributed by atoms with Crippen molar-refractivity contribution in [1.29, 1.82) is 0 Å². The molecule has 0 bridgehead atoms. The minimum Gasteiger partial charge on any atom is -0.468 e. The lowest BCUT2D eigenvalue weighted by atomic mass is 9.97. The van der Waals surface area contributed by atoms with Crippen molar-refractivity contribution in [1.82, 2.24) is 10.2 Å². The number of rotatable bonds is 5. The first kappa shape index (κ1) is 17.0. The first-order chi connectivity index (χ1) is 11.6. The Hall–Kier alpha value is -1.88. The lowest BCUT2D eigenvalue weighted by molar-refractivity contribution is -0.148. The predicted molar refractivity (Wildman–Crippen MR) is 91.4 cm³/mol. The van der Waals surface area contributed by atoms with E-state index in [0.29, 0.717) is 19.5 Å². The van der Waals surface area contributed by atoms with Crippen LogP contribution in [0.15, 0.2) is 24.3 Å². The fourth-order valence-electron chi connectivity index (χ4n) is 3.90. The minimum atomic E-state index is -0.580. The monoisotopic (exact) mass is 330 g/mol. The van der Waals surface area contributed by atoms with Crippen molar-refractivity contribution in [2.45, 2.75) is 50.6 Å². The summed E-state index contributed by atoms with van der Waals surface area (Å²) in [4.78, 5) is 26.5. The van der Waals surface area contributed by atoms with Crippen molar-refractivity contribution >= 4 is 11.9 Å². The molecule has 3 rings (SSSR count). The van der Waals surface area contributed by atoms with Gasteiger partial charge in [-0.25, -0.2) is 0 Å². The summed E-state index contributed by atoms with van der Waals surface area (Å²) in [5.74, 6) is -0.0469. The van der Waals surface area contributed by atoms with Crippen LogP contribution in [0.1, 0.15) is 43.2 Å². The van der Waals surface area contributed by atoms with Gasteiger partial charge in [0.15, 0.2) is 0 Å². The molecule has 5 nitrogen and oxygen atoms in total. The summed E-state index contributed by atoms with van der Waals surface area (Å²) < 4.78 is 4.95. The molecule has 0 aromatic heterocycles. The van der Waals surface area contributed by atoms with Gasteiger partial charge in [-0.3, -0.25) is 9.59 Å². The van der Waals surface area contributed by atoms with Gasteiger partial charge >= 0.3 is 5.97 Å². The van der Waals surface area contributed by atoms with Crippen LogP contribution in [0, 0.1) is 0 Å². The fourth-order valence-corrected chi connectivity index (χ4v) is 3.90. The van der Waals surface area contributed by atoms with Gasteiger partial charge in [-0.05, 0) is 30.4 Å². The van der Waals surface area contributed by atoms with Crippen molar-refractivity contribution in [2.24, 2.45) is 0 Å². The molecule has 0 atom stereocenters. The van der Waals surface area contributed by atoms with Gasteiger partial charge in [0, 0.05) is 26.1 Å². The maximum absolute atomic E-state index is 12.5. The minimum absolute atomic E-state index is 0.148. The summed E-state index contributed by atoms with van der Waals surface area (Å²) in [6.45, 7) is 1.99. The zero-order chi connectivity index (χ0) is 17.0. The van der Waals surface area contributed by atoms with Crippen molar-refractivity contribution in [3.63, 3.8) is 0 Å². The number of benzene rings is 1. The lowest BCUT2D eigenvalue weighted by Gasteiger charge is -2.30. The van der Waals surface area contributed by atoms with Crippen LogP contribution in [0.5, 0.6) is 0 Å². The highest BCUT2D eigenvalue weighted by Gasteiger charge is 2.41. The van der Waals surface area contributed by atoms with Crippen LogP contribution in [0.2, 0.25) is 0 Å². The van der Waals surface area contributed by atoms with Gasteiger partial charge < -0.3 is 15.0 Å². The van der Waals surface area contributed by atoms with E-state index >= 15 is 0 Å². The SMILES string of the molecule is COC(=O)C1(NCCC(=O)N2CCc3ccccc3C2)CCCC1. The van der Waals surface area contributed by atoms with Crippen molar-refractivity contribution in [2.75, 3.05) is 20.2 Å². The molecular formula is C19H26N2O3. The number of esters is 1. The van der Waals surface area contributed by atoms with E-state index in [1.54, 1.807) is 0 Å². The van der Waals surface area contributed by atoms with E-state index in [2.05, 4.69) is 17.4 Å². The number of hydrogen-bond donors (Lipinski definition) is 1. The number of carbonyl (C=O) groups is 2. The Labute approximate surface area is 143 Å². The molecule has 1 fully saturated rings. The third-order valence-electron chi connectivity index (χ3n) is 5.32. The second-order valence-corrected chi connectivity index (χ2v) is 6.79. The van der Waals surface area contributed by atoms with Crippen LogP contribution in [0.3, 0.4) is 0 Å². The Bertz CT molecular complexity index is 608. The maximum Gasteiger partial charge on any atom is 0.326 e. The molecule has 2 aliphatic rings. The standard InChI is InChI=1S/C19H26N2O3/c1-24-18(23)19(10-4-5-11-19)20-12-8-17(22)21-13-9-15-6-2-3-7-16(15)14-21/h2-3,6-7,20H,4-5,8-14H2,1H3. The highest BCUT2D eigenvalue weighted by molar-refractivity contribution is 5.81. The Kier molecular flexibility index (Phi) is 5.19. The molecule has 1 aliphatic carbocycles. The Morgan fingerprint density at radius 1 is 1.21 bits per heavy atom. The number of carbonyl (C=O) groups excluding carboxylic acids is 2. The first-order valence-electron chi connectivity index (χ1n) is 8.83. The zero-order valence-electron chi connectivity index (χ0n) is 14.3. The van der Waals surface area contributed by atoms with Crippen LogP contribution in [-0.4, -0.2) is 42.5 Å². The molecule has 1 heterocycles. The summed E-state index contributed by atoms with van der Waals surface area (Å²) in [5, 5.41) is 3.31. The third kappa shape index (κ3) is 3.46. The maximum atomic E-state index is 12.5. The van der Waals surface area contributed by atoms with Gasteiger partial charge in [0.25, 0.3) is 0 Å². The smallest absolute Gasteiger partial charge is 0.326 e. The van der Waals surface area contributed by atoms with Gasteiger partial charge in [-0.1, -0.05) is 37.1 Å². The fraction of sp³-hybridized carbons (Fsp3) is 0.579. The van der Waals surface area contributed by atoms with Gasteiger partial charge in [0.1, 0.15) is 5.54 Å². The molecule has 1 aliphatic heterocycles. The zero-order valence-corrected chi connectivity index (χ0v) is 14.3. The average molecular weight is 330 g/mol. The Balaban J connectivity index is 1.52. The Morgan fingerprint density at radius 3 is 2.62 bits per heavy atom. The molecule has 0 unspecified atom stereocenters. The largest absolute Gasteiger partial charge is 0.468 e. The molecule has 0 radical (unpaired) electrons. The average Bonchev–Trinajstić information content (AvgIpc) is 3.10. The van der Waals surface area contributed by atoms with Crippen molar-refractivity contribution in [3.05, 3.63) is 35.4 Å². The summed E-state index contributed by atoms with van der Waals surface area (Å²) in [5.41, 5.74) is 2.01. The van der Waals surface area contributed by atoms with E-state index in [0.717, 1.165) is 38.6 Å². The normalized spacial score (nSPS) is 19.0. The number of nitrogens with one attached hydrogen (secondary N) is 1. The summed E-state index contributed by atoms with van der Waals surface area (Å²) in [6.07, 6.45) is 4.98. The van der Waals surface area contributed by atoms with Crippen LogP contribution < -0.4 is 5.32 Å². The Morgan fingerprint density at radius 2 is 1.92 bits per heavy atom. The van der Waals surface area contributed by atoms with Crippen molar-refractivity contribution in [3.8, 4) is 0 Å². The van der Waals surface area contributed by atoms with E-state index in [9.17, 15) is 9.59 Å². The molecule has 5 heteroatoms. The topological polar surface area (TPSA) is 58.6 Å². The van der Waals surface area contributed by atoms with Crippen molar-refractivity contribution < 1.29 is 14.3 Å². The van der Waals surface area contributed by atoms with Crippen LogP contribution >= 0.6 is 0 Å². The van der Waals surface area contributed by atoms with E-state index in [1.165, 1.54) is 18.2 Å². The summed E-state index contributed by atoms with van der Waals surface area (Å²) in [7, 11) is 1.43. The van der Waals surface area contributed by atoms with Crippen LogP contribution in [-0.2, 0) is 27.3 Å². The molecule has 130 valence electrons. The molecule has 24 heavy (non-hydrogen) atoms. The third-order valence-corrected chi connectivity index (χ3v) is 5.32. The molecule has 1 saturated carbocycles. The molecule has 1 aromatic rings. The highest BCUT2D eigenvalue weighted by Crippen LogP contribution is 2.30. The van der Waals surface area contributed by atoms with Gasteiger partial charge in [-0.2, -0.15) is 0 Å². The van der Waals surface area contributed by atoms with Gasteiger partial charge in [0.2, 0.25) is 5.91 Å². The number of amides is 1. The number of fused-ring (bicyclic) bond motifs is 1. The summed E-state index contributed by atoms with van der Waals surface area (Å²) >= 11 is 0. The number of methoxy groups -OCH3 is 1. The molecule has 0 saturated heterocycles.